The highest BCUT2D eigenvalue weighted by Gasteiger charge is 2.49. The molecule has 4 heteroatoms. The maximum Gasteiger partial charge on any atom is 0.192 e. The van der Waals surface area contributed by atoms with Crippen LogP contribution >= 0.6 is 0 Å². The standard InChI is InChI=1S/C20H41NO2Si/c1-16(15-23-24(10,11)19(5,6)7)14-20(8)17(22-9)12-13-21(20)18(2,3)4/h17H,1,12-15H2,2-11H3/t17-,20?/m1/s1. The van der Waals surface area contributed by atoms with Gasteiger partial charge in [-0.25, -0.2) is 0 Å². The normalized spacial score (nSPS) is 26.8. The molecule has 0 aliphatic carbocycles. The Labute approximate surface area is 151 Å². The Kier molecular flexibility index (Phi) is 6.58. The van der Waals surface area contributed by atoms with E-state index in [1.54, 1.807) is 0 Å². The number of methoxy groups -OCH3 is 1. The molecule has 0 aromatic carbocycles. The molecule has 0 spiro atoms. The lowest BCUT2D eigenvalue weighted by molar-refractivity contribution is -0.0274. The summed E-state index contributed by atoms with van der Waals surface area (Å²) in [5.41, 5.74) is 1.30. The van der Waals surface area contributed by atoms with Crippen molar-refractivity contribution in [3.63, 3.8) is 0 Å². The second-order valence-electron chi connectivity index (χ2n) is 10.2. The van der Waals surface area contributed by atoms with Crippen molar-refractivity contribution in [2.24, 2.45) is 0 Å². The van der Waals surface area contributed by atoms with Gasteiger partial charge in [-0.1, -0.05) is 32.9 Å². The van der Waals surface area contributed by atoms with Gasteiger partial charge >= 0.3 is 0 Å². The van der Waals surface area contributed by atoms with E-state index in [0.29, 0.717) is 6.61 Å². The first-order valence-corrected chi connectivity index (χ1v) is 12.2. The molecule has 1 rings (SSSR count). The van der Waals surface area contributed by atoms with Crippen LogP contribution < -0.4 is 0 Å². The molecule has 0 aromatic rings. The third-order valence-electron chi connectivity index (χ3n) is 6.07. The van der Waals surface area contributed by atoms with Gasteiger partial charge in [0.25, 0.3) is 0 Å². The van der Waals surface area contributed by atoms with Gasteiger partial charge in [-0.3, -0.25) is 4.90 Å². The van der Waals surface area contributed by atoms with E-state index in [2.05, 4.69) is 73.0 Å². The Morgan fingerprint density at radius 2 is 1.75 bits per heavy atom. The fraction of sp³-hybridized carbons (Fsp3) is 0.900. The summed E-state index contributed by atoms with van der Waals surface area (Å²) in [4.78, 5) is 2.59. The van der Waals surface area contributed by atoms with Gasteiger partial charge in [-0.15, -0.1) is 0 Å². The van der Waals surface area contributed by atoms with Crippen LogP contribution in [0.2, 0.25) is 18.1 Å². The molecule has 0 bridgehead atoms. The Morgan fingerprint density at radius 1 is 1.21 bits per heavy atom. The first-order chi connectivity index (χ1) is 10.6. The van der Waals surface area contributed by atoms with Crippen molar-refractivity contribution < 1.29 is 9.16 Å². The quantitative estimate of drug-likeness (QED) is 0.481. The predicted octanol–water partition coefficient (Wildman–Crippen LogP) is 5.23. The average molecular weight is 356 g/mol. The van der Waals surface area contributed by atoms with Crippen molar-refractivity contribution in [2.45, 2.75) is 96.6 Å². The maximum absolute atomic E-state index is 6.38. The van der Waals surface area contributed by atoms with Crippen LogP contribution in [0.1, 0.15) is 61.3 Å². The van der Waals surface area contributed by atoms with Gasteiger partial charge in [0.05, 0.1) is 12.7 Å². The summed E-state index contributed by atoms with van der Waals surface area (Å²) >= 11 is 0. The SMILES string of the molecule is C=C(CO[Si](C)(C)C(C)(C)C)CC1(C)[C@H](OC)CCN1C(C)(C)C. The highest BCUT2D eigenvalue weighted by Crippen LogP contribution is 2.41. The minimum atomic E-state index is -1.73. The summed E-state index contributed by atoms with van der Waals surface area (Å²) in [7, 11) is 0.105. The fourth-order valence-corrected chi connectivity index (χ4v) is 4.72. The molecule has 1 aliphatic heterocycles. The number of hydrogen-bond donors (Lipinski definition) is 0. The second-order valence-corrected chi connectivity index (χ2v) is 15.0. The van der Waals surface area contributed by atoms with E-state index >= 15 is 0 Å². The van der Waals surface area contributed by atoms with Crippen molar-refractivity contribution >= 4 is 8.32 Å². The van der Waals surface area contributed by atoms with E-state index in [1.165, 1.54) is 5.57 Å². The molecule has 1 heterocycles. The van der Waals surface area contributed by atoms with Crippen LogP contribution in [0.4, 0.5) is 0 Å². The lowest BCUT2D eigenvalue weighted by Crippen LogP contribution is -2.56. The third-order valence-corrected chi connectivity index (χ3v) is 10.5. The third kappa shape index (κ3) is 4.72. The summed E-state index contributed by atoms with van der Waals surface area (Å²) in [6, 6.07) is 0. The molecule has 2 atom stereocenters. The Morgan fingerprint density at radius 3 is 2.17 bits per heavy atom. The van der Waals surface area contributed by atoms with Crippen LogP contribution in [-0.4, -0.2) is 50.7 Å². The predicted molar refractivity (Wildman–Crippen MR) is 107 cm³/mol. The Balaban J connectivity index is 2.82. The molecule has 0 saturated carbocycles. The highest BCUT2D eigenvalue weighted by molar-refractivity contribution is 6.74. The van der Waals surface area contributed by atoms with Gasteiger partial charge in [0.15, 0.2) is 8.32 Å². The summed E-state index contributed by atoms with van der Waals surface area (Å²) in [6.45, 7) is 26.7. The minimum Gasteiger partial charge on any atom is -0.413 e. The fourth-order valence-electron chi connectivity index (χ4n) is 3.73. The molecule has 0 amide bonds. The zero-order valence-corrected chi connectivity index (χ0v) is 18.9. The van der Waals surface area contributed by atoms with Crippen LogP contribution in [0.15, 0.2) is 12.2 Å². The van der Waals surface area contributed by atoms with E-state index in [1.807, 2.05) is 7.11 Å². The molecule has 3 nitrogen and oxygen atoms in total. The zero-order chi connectivity index (χ0) is 19.0. The van der Waals surface area contributed by atoms with Gasteiger partial charge < -0.3 is 9.16 Å². The molecule has 1 unspecified atom stereocenters. The van der Waals surface area contributed by atoms with Crippen LogP contribution in [0.5, 0.6) is 0 Å². The highest BCUT2D eigenvalue weighted by atomic mass is 28.4. The van der Waals surface area contributed by atoms with E-state index in [0.717, 1.165) is 19.4 Å². The van der Waals surface area contributed by atoms with E-state index in [4.69, 9.17) is 9.16 Å². The summed E-state index contributed by atoms with van der Waals surface area (Å²) in [5.74, 6) is 0. The molecule has 0 radical (unpaired) electrons. The van der Waals surface area contributed by atoms with Crippen molar-refractivity contribution in [1.29, 1.82) is 0 Å². The monoisotopic (exact) mass is 355 g/mol. The molecule has 1 saturated heterocycles. The molecular weight excluding hydrogens is 314 g/mol. The molecule has 142 valence electrons. The first-order valence-electron chi connectivity index (χ1n) is 9.26. The first kappa shape index (κ1) is 21.9. The maximum atomic E-state index is 6.38. The summed E-state index contributed by atoms with van der Waals surface area (Å²) < 4.78 is 12.2. The van der Waals surface area contributed by atoms with E-state index < -0.39 is 8.32 Å². The molecule has 0 aromatic heterocycles. The smallest absolute Gasteiger partial charge is 0.192 e. The van der Waals surface area contributed by atoms with Crippen molar-refractivity contribution in [3.05, 3.63) is 12.2 Å². The second kappa shape index (κ2) is 7.22. The number of nitrogens with zero attached hydrogens (tertiary/aromatic N) is 1. The van der Waals surface area contributed by atoms with Crippen molar-refractivity contribution in [3.8, 4) is 0 Å². The number of likely N-dealkylation sites (tertiary alicyclic amines) is 1. The Hall–Kier alpha value is -0.163. The zero-order valence-electron chi connectivity index (χ0n) is 17.9. The number of rotatable bonds is 6. The lowest BCUT2D eigenvalue weighted by Gasteiger charge is -2.47. The topological polar surface area (TPSA) is 21.7 Å². The van der Waals surface area contributed by atoms with Gasteiger partial charge in [0, 0.05) is 24.7 Å². The molecule has 24 heavy (non-hydrogen) atoms. The summed E-state index contributed by atoms with van der Waals surface area (Å²) in [5, 5.41) is 0.233. The van der Waals surface area contributed by atoms with Crippen LogP contribution in [-0.2, 0) is 9.16 Å². The molecule has 1 aliphatic rings. The minimum absolute atomic E-state index is 0.0130. The van der Waals surface area contributed by atoms with E-state index in [9.17, 15) is 0 Å². The van der Waals surface area contributed by atoms with Crippen molar-refractivity contribution in [2.75, 3.05) is 20.3 Å². The lowest BCUT2D eigenvalue weighted by atomic mass is 9.85. The van der Waals surface area contributed by atoms with Crippen LogP contribution in [0, 0.1) is 0 Å². The summed E-state index contributed by atoms with van der Waals surface area (Å²) in [6.07, 6.45) is 2.26. The molecule has 1 fully saturated rings. The van der Waals surface area contributed by atoms with Gasteiger partial charge in [-0.05, 0) is 58.7 Å². The largest absolute Gasteiger partial charge is 0.413 e. The number of hydrogen-bond acceptors (Lipinski definition) is 3. The van der Waals surface area contributed by atoms with Crippen molar-refractivity contribution in [1.82, 2.24) is 4.90 Å². The Bertz CT molecular complexity index is 448. The average Bonchev–Trinajstić information content (AvgIpc) is 2.71. The number of ether oxygens (including phenoxy) is 1. The van der Waals surface area contributed by atoms with Crippen LogP contribution in [0.3, 0.4) is 0 Å². The van der Waals surface area contributed by atoms with Crippen LogP contribution in [0.25, 0.3) is 0 Å². The molecule has 0 N–H and O–H groups in total. The molecular formula is C20H41NO2Si. The van der Waals surface area contributed by atoms with Gasteiger partial charge in [0.1, 0.15) is 0 Å². The van der Waals surface area contributed by atoms with Gasteiger partial charge in [0.2, 0.25) is 0 Å². The van der Waals surface area contributed by atoms with E-state index in [-0.39, 0.29) is 22.2 Å². The van der Waals surface area contributed by atoms with Gasteiger partial charge in [-0.2, -0.15) is 0 Å².